The summed E-state index contributed by atoms with van der Waals surface area (Å²) >= 11 is 19.5. The van der Waals surface area contributed by atoms with E-state index in [0.29, 0.717) is 0 Å². The Kier molecular flexibility index (Phi) is 5.36. The summed E-state index contributed by atoms with van der Waals surface area (Å²) in [6, 6.07) is 12.0. The third-order valence-electron chi connectivity index (χ3n) is 2.94. The van der Waals surface area contributed by atoms with Crippen LogP contribution >= 0.6 is 55.1 Å². The van der Waals surface area contributed by atoms with Gasteiger partial charge in [0.1, 0.15) is 0 Å². The maximum absolute atomic E-state index is 6.53. The molecule has 100 valence electrons. The Morgan fingerprint density at radius 2 is 1.68 bits per heavy atom. The average molecular weight is 423 g/mol. The zero-order valence-corrected chi connectivity index (χ0v) is 14.9. The molecule has 1 unspecified atom stereocenters. The maximum atomic E-state index is 6.53. The Morgan fingerprint density at radius 3 is 2.32 bits per heavy atom. The van der Waals surface area contributed by atoms with Crippen molar-refractivity contribution in [1.82, 2.24) is 0 Å². The van der Waals surface area contributed by atoms with Gasteiger partial charge in [-0.3, -0.25) is 0 Å². The van der Waals surface area contributed by atoms with Crippen LogP contribution in [0, 0.1) is 6.92 Å². The largest absolute Gasteiger partial charge is 0.117 e. The fourth-order valence-electron chi connectivity index (χ4n) is 1.84. The number of rotatable bonds is 3. The Morgan fingerprint density at radius 1 is 1.05 bits per heavy atom. The highest BCUT2D eigenvalue weighted by Crippen LogP contribution is 2.34. The summed E-state index contributed by atoms with van der Waals surface area (Å²) in [4.78, 5) is 0. The molecule has 0 saturated carbocycles. The van der Waals surface area contributed by atoms with Crippen LogP contribution in [0.4, 0.5) is 0 Å². The predicted octanol–water partition coefficient (Wildman–Crippen LogP) is 6.70. The summed E-state index contributed by atoms with van der Waals surface area (Å²) in [6.45, 7) is 2.06. The van der Waals surface area contributed by atoms with Gasteiger partial charge in [-0.2, -0.15) is 0 Å². The summed E-state index contributed by atoms with van der Waals surface area (Å²) in [5.41, 5.74) is 3.45. The standard InChI is InChI=1S/C15H12Br2Cl2/c1-9-6-14(17)12(8-13(9)16)15(19)7-10-2-4-11(18)5-3-10/h2-6,8,15H,7H2,1H3. The van der Waals surface area contributed by atoms with Crippen LogP contribution in [-0.2, 0) is 6.42 Å². The molecule has 19 heavy (non-hydrogen) atoms. The number of alkyl halides is 1. The van der Waals surface area contributed by atoms with Crippen LogP contribution in [0.1, 0.15) is 22.1 Å². The van der Waals surface area contributed by atoms with Crippen molar-refractivity contribution in [2.45, 2.75) is 18.7 Å². The van der Waals surface area contributed by atoms with Crippen LogP contribution in [0.5, 0.6) is 0 Å². The van der Waals surface area contributed by atoms with Crippen molar-refractivity contribution >= 4 is 55.1 Å². The molecule has 0 aliphatic carbocycles. The average Bonchev–Trinajstić information content (AvgIpc) is 2.36. The molecule has 0 fully saturated rings. The zero-order valence-electron chi connectivity index (χ0n) is 10.3. The van der Waals surface area contributed by atoms with Gasteiger partial charge < -0.3 is 0 Å². The van der Waals surface area contributed by atoms with E-state index in [4.69, 9.17) is 23.2 Å². The van der Waals surface area contributed by atoms with Gasteiger partial charge >= 0.3 is 0 Å². The van der Waals surface area contributed by atoms with Crippen molar-refractivity contribution in [1.29, 1.82) is 0 Å². The monoisotopic (exact) mass is 420 g/mol. The lowest BCUT2D eigenvalue weighted by atomic mass is 10.0. The molecule has 2 rings (SSSR count). The lowest BCUT2D eigenvalue weighted by Crippen LogP contribution is -1.98. The van der Waals surface area contributed by atoms with Gasteiger partial charge in [0.15, 0.2) is 0 Å². The first-order valence-corrected chi connectivity index (χ1v) is 8.21. The Balaban J connectivity index is 2.22. The van der Waals surface area contributed by atoms with Crippen molar-refractivity contribution in [3.05, 3.63) is 67.1 Å². The normalized spacial score (nSPS) is 12.5. The molecule has 2 aromatic rings. The molecule has 0 aliphatic heterocycles. The van der Waals surface area contributed by atoms with E-state index < -0.39 is 0 Å². The topological polar surface area (TPSA) is 0 Å². The molecule has 0 aromatic heterocycles. The lowest BCUT2D eigenvalue weighted by molar-refractivity contribution is 0.912. The van der Waals surface area contributed by atoms with Crippen molar-refractivity contribution in [3.63, 3.8) is 0 Å². The van der Waals surface area contributed by atoms with Gasteiger partial charge in [-0.15, -0.1) is 11.6 Å². The Bertz CT molecular complexity index is 579. The van der Waals surface area contributed by atoms with Crippen molar-refractivity contribution in [3.8, 4) is 0 Å². The second-order valence-electron chi connectivity index (χ2n) is 4.42. The molecule has 2 aromatic carbocycles. The smallest absolute Gasteiger partial charge is 0.0636 e. The molecule has 0 bridgehead atoms. The SMILES string of the molecule is Cc1cc(Br)c(C(Cl)Cc2ccc(Cl)cc2)cc1Br. The predicted molar refractivity (Wildman–Crippen MR) is 90.3 cm³/mol. The Labute approximate surface area is 140 Å². The summed E-state index contributed by atoms with van der Waals surface area (Å²) in [5.74, 6) is 0. The quantitative estimate of drug-likeness (QED) is 0.483. The zero-order chi connectivity index (χ0) is 14.0. The van der Waals surface area contributed by atoms with Crippen molar-refractivity contribution < 1.29 is 0 Å². The van der Waals surface area contributed by atoms with E-state index in [-0.39, 0.29) is 5.38 Å². The highest BCUT2D eigenvalue weighted by molar-refractivity contribution is 9.11. The van der Waals surface area contributed by atoms with E-state index in [1.54, 1.807) is 0 Å². The van der Waals surface area contributed by atoms with Gasteiger partial charge in [-0.05, 0) is 54.3 Å². The van der Waals surface area contributed by atoms with Crippen molar-refractivity contribution in [2.24, 2.45) is 0 Å². The highest BCUT2D eigenvalue weighted by Gasteiger charge is 2.14. The van der Waals surface area contributed by atoms with E-state index in [1.807, 2.05) is 24.3 Å². The van der Waals surface area contributed by atoms with Crippen LogP contribution in [0.15, 0.2) is 45.3 Å². The fourth-order valence-corrected chi connectivity index (χ4v) is 3.55. The minimum absolute atomic E-state index is 0.0764. The molecule has 0 radical (unpaired) electrons. The number of benzene rings is 2. The molecular formula is C15H12Br2Cl2. The summed E-state index contributed by atoms with van der Waals surface area (Å²) in [5, 5.41) is 0.668. The molecule has 0 N–H and O–H groups in total. The first kappa shape index (κ1) is 15.4. The maximum Gasteiger partial charge on any atom is 0.0636 e. The molecule has 1 atom stereocenters. The van der Waals surface area contributed by atoms with Gasteiger partial charge in [0, 0.05) is 14.0 Å². The van der Waals surface area contributed by atoms with Crippen LogP contribution in [0.3, 0.4) is 0 Å². The second-order valence-corrected chi connectivity index (χ2v) is 7.09. The van der Waals surface area contributed by atoms with E-state index in [0.717, 1.165) is 26.0 Å². The van der Waals surface area contributed by atoms with E-state index in [9.17, 15) is 0 Å². The fraction of sp³-hybridized carbons (Fsp3) is 0.200. The molecule has 0 nitrogen and oxygen atoms in total. The van der Waals surface area contributed by atoms with Gasteiger partial charge in [0.05, 0.1) is 5.38 Å². The Hall–Kier alpha value is -0.0200. The molecule has 4 heteroatoms. The number of aryl methyl sites for hydroxylation is 1. The van der Waals surface area contributed by atoms with Crippen molar-refractivity contribution in [2.75, 3.05) is 0 Å². The molecular weight excluding hydrogens is 411 g/mol. The number of hydrogen-bond acceptors (Lipinski definition) is 0. The van der Waals surface area contributed by atoms with E-state index in [2.05, 4.69) is 50.9 Å². The summed E-state index contributed by atoms with van der Waals surface area (Å²) in [6.07, 6.45) is 0.771. The van der Waals surface area contributed by atoms with E-state index in [1.165, 1.54) is 11.1 Å². The van der Waals surface area contributed by atoms with E-state index >= 15 is 0 Å². The second kappa shape index (κ2) is 6.62. The van der Waals surface area contributed by atoms with Crippen LogP contribution in [0.25, 0.3) is 0 Å². The van der Waals surface area contributed by atoms with Crippen LogP contribution < -0.4 is 0 Å². The molecule has 0 amide bonds. The first-order chi connectivity index (χ1) is 8.97. The number of hydrogen-bond donors (Lipinski definition) is 0. The third kappa shape index (κ3) is 3.98. The van der Waals surface area contributed by atoms with Gasteiger partial charge in [-0.1, -0.05) is 55.6 Å². The van der Waals surface area contributed by atoms with Gasteiger partial charge in [-0.25, -0.2) is 0 Å². The minimum atomic E-state index is -0.0764. The summed E-state index contributed by atoms with van der Waals surface area (Å²) in [7, 11) is 0. The van der Waals surface area contributed by atoms with Crippen LogP contribution in [0.2, 0.25) is 5.02 Å². The summed E-state index contributed by atoms with van der Waals surface area (Å²) < 4.78 is 2.12. The minimum Gasteiger partial charge on any atom is -0.117 e. The lowest BCUT2D eigenvalue weighted by Gasteiger charge is -2.14. The third-order valence-corrected chi connectivity index (χ3v) is 5.13. The highest BCUT2D eigenvalue weighted by atomic mass is 79.9. The number of halogens is 4. The van der Waals surface area contributed by atoms with Gasteiger partial charge in [0.25, 0.3) is 0 Å². The molecule has 0 saturated heterocycles. The molecule has 0 heterocycles. The molecule has 0 spiro atoms. The first-order valence-electron chi connectivity index (χ1n) is 5.81. The van der Waals surface area contributed by atoms with Gasteiger partial charge in [0.2, 0.25) is 0 Å². The van der Waals surface area contributed by atoms with Crippen LogP contribution in [-0.4, -0.2) is 0 Å². The molecule has 0 aliphatic rings.